The van der Waals surface area contributed by atoms with Crippen LogP contribution in [0.15, 0.2) is 34.8 Å². The number of nitrogens with zero attached hydrogens (tertiary/aromatic N) is 2. The van der Waals surface area contributed by atoms with Crippen molar-refractivity contribution < 1.29 is 0 Å². The smallest absolute Gasteiger partial charge is 0.191 e. The number of hydrogen-bond acceptors (Lipinski definition) is 3. The molecular formula is C21H29N5S. The van der Waals surface area contributed by atoms with Crippen molar-refractivity contribution in [1.29, 1.82) is 0 Å². The quantitative estimate of drug-likeness (QED) is 0.420. The second kappa shape index (κ2) is 9.04. The third kappa shape index (κ3) is 4.89. The molecule has 0 amide bonds. The van der Waals surface area contributed by atoms with Crippen molar-refractivity contribution in [3.8, 4) is 0 Å². The van der Waals surface area contributed by atoms with Gasteiger partial charge >= 0.3 is 0 Å². The number of thiazole rings is 1. The van der Waals surface area contributed by atoms with Crippen molar-refractivity contribution in [3.63, 3.8) is 0 Å². The molecule has 6 heteroatoms. The van der Waals surface area contributed by atoms with Gasteiger partial charge in [-0.05, 0) is 31.4 Å². The van der Waals surface area contributed by atoms with Crippen molar-refractivity contribution in [3.05, 3.63) is 51.6 Å². The number of benzene rings is 1. The van der Waals surface area contributed by atoms with Crippen LogP contribution in [-0.4, -0.2) is 29.0 Å². The average molecular weight is 384 g/mol. The van der Waals surface area contributed by atoms with E-state index >= 15 is 0 Å². The van der Waals surface area contributed by atoms with E-state index in [1.165, 1.54) is 27.0 Å². The van der Waals surface area contributed by atoms with Gasteiger partial charge in [0.15, 0.2) is 5.96 Å². The average Bonchev–Trinajstić information content (AvgIpc) is 3.28. The minimum absolute atomic E-state index is 0.471. The van der Waals surface area contributed by atoms with Gasteiger partial charge in [0.25, 0.3) is 0 Å². The highest BCUT2D eigenvalue weighted by atomic mass is 32.1. The third-order valence-electron chi connectivity index (χ3n) is 4.50. The Balaban J connectivity index is 1.59. The molecule has 144 valence electrons. The van der Waals surface area contributed by atoms with E-state index in [9.17, 15) is 0 Å². The lowest BCUT2D eigenvalue weighted by Gasteiger charge is -2.10. The number of guanidine groups is 1. The molecule has 1 aromatic carbocycles. The summed E-state index contributed by atoms with van der Waals surface area (Å²) in [5, 5.41) is 11.3. The molecule has 0 saturated carbocycles. The molecule has 3 aromatic rings. The van der Waals surface area contributed by atoms with E-state index in [2.05, 4.69) is 83.1 Å². The number of hydrogen-bond donors (Lipinski definition) is 3. The highest BCUT2D eigenvalue weighted by Gasteiger charge is 2.07. The van der Waals surface area contributed by atoms with Crippen LogP contribution in [-0.2, 0) is 13.0 Å². The van der Waals surface area contributed by atoms with Crippen LogP contribution >= 0.6 is 11.3 Å². The molecular weight excluding hydrogens is 354 g/mol. The SMILES string of the molecule is CCNC(=NCc1csc(C(C)C)n1)NCCc1c[nH]c2c(C)cccc12. The number of para-hydroxylation sites is 1. The number of rotatable bonds is 7. The van der Waals surface area contributed by atoms with E-state index in [1.54, 1.807) is 11.3 Å². The van der Waals surface area contributed by atoms with Crippen LogP contribution in [0, 0.1) is 6.92 Å². The van der Waals surface area contributed by atoms with E-state index in [-0.39, 0.29) is 0 Å². The monoisotopic (exact) mass is 383 g/mol. The van der Waals surface area contributed by atoms with Crippen LogP contribution in [0.1, 0.15) is 48.5 Å². The molecule has 0 saturated heterocycles. The molecule has 0 fully saturated rings. The van der Waals surface area contributed by atoms with Gasteiger partial charge in [-0.15, -0.1) is 11.3 Å². The number of aryl methyl sites for hydroxylation is 1. The fraction of sp³-hybridized carbons (Fsp3) is 0.429. The second-order valence-electron chi connectivity index (χ2n) is 7.02. The van der Waals surface area contributed by atoms with E-state index < -0.39 is 0 Å². The van der Waals surface area contributed by atoms with Gasteiger partial charge in [-0.1, -0.05) is 32.0 Å². The Hall–Kier alpha value is -2.34. The maximum absolute atomic E-state index is 4.68. The largest absolute Gasteiger partial charge is 0.361 e. The summed E-state index contributed by atoms with van der Waals surface area (Å²) in [5.41, 5.74) is 4.88. The number of nitrogens with one attached hydrogen (secondary N) is 3. The van der Waals surface area contributed by atoms with Gasteiger partial charge in [0.1, 0.15) is 0 Å². The maximum Gasteiger partial charge on any atom is 0.191 e. The van der Waals surface area contributed by atoms with Gasteiger partial charge in [0.05, 0.1) is 17.2 Å². The van der Waals surface area contributed by atoms with Crippen molar-refractivity contribution in [2.75, 3.05) is 13.1 Å². The van der Waals surface area contributed by atoms with Gasteiger partial charge in [0, 0.05) is 41.5 Å². The number of H-pyrrole nitrogens is 1. The Morgan fingerprint density at radius 1 is 1.30 bits per heavy atom. The highest BCUT2D eigenvalue weighted by Crippen LogP contribution is 2.21. The van der Waals surface area contributed by atoms with E-state index in [4.69, 9.17) is 0 Å². The summed E-state index contributed by atoms with van der Waals surface area (Å²) in [4.78, 5) is 12.7. The second-order valence-corrected chi connectivity index (χ2v) is 7.90. The summed E-state index contributed by atoms with van der Waals surface area (Å²) in [7, 11) is 0. The van der Waals surface area contributed by atoms with Crippen LogP contribution in [0.4, 0.5) is 0 Å². The lowest BCUT2D eigenvalue weighted by Crippen LogP contribution is -2.38. The van der Waals surface area contributed by atoms with Crippen molar-refractivity contribution in [2.24, 2.45) is 4.99 Å². The Morgan fingerprint density at radius 3 is 2.89 bits per heavy atom. The predicted octanol–water partition coefficient (Wildman–Crippen LogP) is 4.35. The Labute approximate surface area is 165 Å². The first-order valence-electron chi connectivity index (χ1n) is 9.60. The number of aromatic amines is 1. The highest BCUT2D eigenvalue weighted by molar-refractivity contribution is 7.09. The molecule has 0 radical (unpaired) electrons. The molecule has 3 N–H and O–H groups in total. The normalized spacial score (nSPS) is 12.1. The van der Waals surface area contributed by atoms with Crippen LogP contribution < -0.4 is 10.6 Å². The molecule has 0 aliphatic rings. The van der Waals surface area contributed by atoms with Gasteiger partial charge < -0.3 is 15.6 Å². The van der Waals surface area contributed by atoms with E-state index in [0.29, 0.717) is 12.5 Å². The zero-order chi connectivity index (χ0) is 19.2. The van der Waals surface area contributed by atoms with Crippen molar-refractivity contribution in [1.82, 2.24) is 20.6 Å². The van der Waals surface area contributed by atoms with Gasteiger partial charge in [0.2, 0.25) is 0 Å². The Morgan fingerprint density at radius 2 is 2.15 bits per heavy atom. The third-order valence-corrected chi connectivity index (χ3v) is 5.70. The molecule has 0 atom stereocenters. The molecule has 2 aromatic heterocycles. The predicted molar refractivity (Wildman–Crippen MR) is 116 cm³/mol. The summed E-state index contributed by atoms with van der Waals surface area (Å²) in [5.74, 6) is 1.31. The van der Waals surface area contributed by atoms with Gasteiger partial charge in [-0.3, -0.25) is 0 Å². The summed E-state index contributed by atoms with van der Waals surface area (Å²) in [6.45, 7) is 10.8. The molecule has 0 aliphatic carbocycles. The van der Waals surface area contributed by atoms with E-state index in [0.717, 1.165) is 31.2 Å². The number of aliphatic imine (C=N–C) groups is 1. The molecule has 0 aliphatic heterocycles. The molecule has 0 bridgehead atoms. The summed E-state index contributed by atoms with van der Waals surface area (Å²) in [6, 6.07) is 6.44. The molecule has 27 heavy (non-hydrogen) atoms. The molecule has 0 unspecified atom stereocenters. The van der Waals surface area contributed by atoms with Gasteiger partial charge in [-0.2, -0.15) is 0 Å². The molecule has 3 rings (SSSR count). The molecule has 0 spiro atoms. The topological polar surface area (TPSA) is 65.1 Å². The maximum atomic E-state index is 4.68. The number of aromatic nitrogens is 2. The van der Waals surface area contributed by atoms with Crippen LogP contribution in [0.25, 0.3) is 10.9 Å². The fourth-order valence-electron chi connectivity index (χ4n) is 3.05. The number of fused-ring (bicyclic) bond motifs is 1. The lowest BCUT2D eigenvalue weighted by molar-refractivity contribution is 0.795. The Bertz CT molecular complexity index is 906. The zero-order valence-electron chi connectivity index (χ0n) is 16.6. The van der Waals surface area contributed by atoms with Crippen LogP contribution in [0.3, 0.4) is 0 Å². The molecule has 5 nitrogen and oxygen atoms in total. The summed E-state index contributed by atoms with van der Waals surface area (Å²) in [6.07, 6.45) is 3.06. The Kier molecular flexibility index (Phi) is 6.50. The van der Waals surface area contributed by atoms with Crippen molar-refractivity contribution in [2.45, 2.75) is 46.6 Å². The standard InChI is InChI=1S/C21H29N5S/c1-5-22-21(25-12-17-13-27-20(26-17)14(2)3)23-10-9-16-11-24-19-15(4)7-6-8-18(16)19/h6-8,11,13-14,24H,5,9-10,12H2,1-4H3,(H2,22,23,25). The first-order valence-corrected chi connectivity index (χ1v) is 10.5. The first-order chi connectivity index (χ1) is 13.1. The lowest BCUT2D eigenvalue weighted by atomic mass is 10.1. The van der Waals surface area contributed by atoms with Crippen LogP contribution in [0.5, 0.6) is 0 Å². The van der Waals surface area contributed by atoms with Gasteiger partial charge in [-0.25, -0.2) is 9.98 Å². The fourth-order valence-corrected chi connectivity index (χ4v) is 3.87. The van der Waals surface area contributed by atoms with Crippen molar-refractivity contribution >= 4 is 28.2 Å². The van der Waals surface area contributed by atoms with E-state index in [1.807, 2.05) is 0 Å². The summed E-state index contributed by atoms with van der Waals surface area (Å²) >= 11 is 1.72. The minimum atomic E-state index is 0.471. The summed E-state index contributed by atoms with van der Waals surface area (Å²) < 4.78 is 0. The minimum Gasteiger partial charge on any atom is -0.361 e. The first kappa shape index (κ1) is 19.4. The zero-order valence-corrected chi connectivity index (χ0v) is 17.4. The molecule has 2 heterocycles. The van der Waals surface area contributed by atoms with Crippen LogP contribution in [0.2, 0.25) is 0 Å².